The van der Waals surface area contributed by atoms with E-state index in [1.165, 1.54) is 6.21 Å². The van der Waals surface area contributed by atoms with Crippen LogP contribution in [0.4, 0.5) is 0 Å². The van der Waals surface area contributed by atoms with Crippen molar-refractivity contribution in [2.75, 3.05) is 13.2 Å². The number of ether oxygens (including phenoxy) is 2. The maximum atomic E-state index is 11.8. The zero-order valence-corrected chi connectivity index (χ0v) is 14.5. The summed E-state index contributed by atoms with van der Waals surface area (Å²) in [5, 5.41) is 14.3. The van der Waals surface area contributed by atoms with Crippen molar-refractivity contribution in [3.8, 4) is 11.5 Å². The van der Waals surface area contributed by atoms with Crippen LogP contribution in [0.1, 0.15) is 16.7 Å². The van der Waals surface area contributed by atoms with Gasteiger partial charge in [0.2, 0.25) is 0 Å². The average Bonchev–Trinajstić information content (AvgIpc) is 2.58. The number of hydrazone groups is 1. The number of para-hydroxylation sites is 1. The van der Waals surface area contributed by atoms with Crippen molar-refractivity contribution < 1.29 is 24.2 Å². The zero-order chi connectivity index (χ0) is 18.9. The lowest BCUT2D eigenvalue weighted by Gasteiger charge is -2.09. The molecule has 2 aromatic carbocycles. The number of carboxylic acid groups (broad SMARTS) is 1. The lowest BCUT2D eigenvalue weighted by atomic mass is 10.1. The van der Waals surface area contributed by atoms with Crippen LogP contribution >= 0.6 is 0 Å². The number of nitrogens with one attached hydrogen (secondary N) is 1. The van der Waals surface area contributed by atoms with Gasteiger partial charge in [0.1, 0.15) is 18.1 Å². The second-order valence-electron chi connectivity index (χ2n) is 5.60. The van der Waals surface area contributed by atoms with E-state index in [1.54, 1.807) is 24.3 Å². The van der Waals surface area contributed by atoms with Crippen LogP contribution in [0.2, 0.25) is 0 Å². The molecule has 0 fully saturated rings. The van der Waals surface area contributed by atoms with E-state index in [4.69, 9.17) is 9.47 Å². The summed E-state index contributed by atoms with van der Waals surface area (Å²) in [7, 11) is 0. The summed E-state index contributed by atoms with van der Waals surface area (Å²) in [4.78, 5) is 22.3. The second-order valence-corrected chi connectivity index (χ2v) is 5.60. The third-order valence-electron chi connectivity index (χ3n) is 3.22. The third-order valence-corrected chi connectivity index (χ3v) is 3.22. The van der Waals surface area contributed by atoms with Crippen LogP contribution in [-0.2, 0) is 9.59 Å². The van der Waals surface area contributed by atoms with E-state index in [0.717, 1.165) is 11.1 Å². The molecule has 0 aliphatic carbocycles. The van der Waals surface area contributed by atoms with Crippen LogP contribution in [0.3, 0.4) is 0 Å². The normalized spacial score (nSPS) is 10.5. The molecule has 7 nitrogen and oxygen atoms in total. The molecule has 0 saturated carbocycles. The van der Waals surface area contributed by atoms with Gasteiger partial charge in [0.25, 0.3) is 5.91 Å². The molecule has 0 aromatic heterocycles. The van der Waals surface area contributed by atoms with Crippen LogP contribution in [0.25, 0.3) is 0 Å². The van der Waals surface area contributed by atoms with E-state index in [0.29, 0.717) is 17.1 Å². The minimum absolute atomic E-state index is 0.178. The highest BCUT2D eigenvalue weighted by molar-refractivity contribution is 5.85. The Hall–Kier alpha value is -3.35. The van der Waals surface area contributed by atoms with E-state index >= 15 is 0 Å². The van der Waals surface area contributed by atoms with Crippen LogP contribution < -0.4 is 20.0 Å². The Labute approximate surface area is 151 Å². The molecule has 0 saturated heterocycles. The molecule has 0 radical (unpaired) electrons. The smallest absolute Gasteiger partial charge is 0.277 e. The molecule has 0 aliphatic rings. The van der Waals surface area contributed by atoms with Crippen molar-refractivity contribution in [3.05, 3.63) is 59.2 Å². The van der Waals surface area contributed by atoms with Gasteiger partial charge in [-0.2, -0.15) is 5.10 Å². The summed E-state index contributed by atoms with van der Waals surface area (Å²) >= 11 is 0. The number of carboxylic acids is 1. The number of benzene rings is 2. The maximum Gasteiger partial charge on any atom is 0.277 e. The molecule has 2 aromatic rings. The molecule has 1 N–H and O–H groups in total. The van der Waals surface area contributed by atoms with Crippen molar-refractivity contribution in [1.82, 2.24) is 5.43 Å². The van der Waals surface area contributed by atoms with Gasteiger partial charge in [0.05, 0.1) is 12.2 Å². The molecule has 1 amide bonds. The molecule has 0 unspecified atom stereocenters. The monoisotopic (exact) mass is 355 g/mol. The number of carbonyl (C=O) groups excluding carboxylic acids is 2. The number of carbonyl (C=O) groups is 2. The SMILES string of the molecule is Cc1cc(C)cc(OCC(=O)N/N=C\c2ccccc2OCC(=O)[O-])c1. The summed E-state index contributed by atoms with van der Waals surface area (Å²) in [6, 6.07) is 12.4. The van der Waals surface area contributed by atoms with Gasteiger partial charge in [-0.1, -0.05) is 18.2 Å². The van der Waals surface area contributed by atoms with Crippen molar-refractivity contribution >= 4 is 18.1 Å². The predicted octanol–water partition coefficient (Wildman–Crippen LogP) is 0.961. The second kappa shape index (κ2) is 9.22. The first kappa shape index (κ1) is 19.0. The zero-order valence-electron chi connectivity index (χ0n) is 14.5. The Balaban J connectivity index is 1.88. The Morgan fingerprint density at radius 3 is 2.46 bits per heavy atom. The molecule has 0 bridgehead atoms. The van der Waals surface area contributed by atoms with Crippen LogP contribution in [0.15, 0.2) is 47.6 Å². The maximum absolute atomic E-state index is 11.8. The molecular weight excluding hydrogens is 336 g/mol. The Bertz CT molecular complexity index is 797. The minimum atomic E-state index is -1.33. The first-order valence-corrected chi connectivity index (χ1v) is 7.88. The van der Waals surface area contributed by atoms with Crippen LogP contribution in [0.5, 0.6) is 11.5 Å². The molecular formula is C19H19N2O5-. The summed E-state index contributed by atoms with van der Waals surface area (Å²) in [6.45, 7) is 3.15. The van der Waals surface area contributed by atoms with Crippen molar-refractivity contribution in [2.24, 2.45) is 5.10 Å². The van der Waals surface area contributed by atoms with E-state index in [-0.39, 0.29) is 6.61 Å². The van der Waals surface area contributed by atoms with Gasteiger partial charge in [-0.15, -0.1) is 0 Å². The predicted molar refractivity (Wildman–Crippen MR) is 94.1 cm³/mol. The molecule has 7 heteroatoms. The number of nitrogens with zero attached hydrogens (tertiary/aromatic N) is 1. The van der Waals surface area contributed by atoms with E-state index in [1.807, 2.05) is 32.0 Å². The fourth-order valence-corrected chi connectivity index (χ4v) is 2.23. The van der Waals surface area contributed by atoms with Gasteiger partial charge in [0.15, 0.2) is 6.61 Å². The first-order valence-electron chi connectivity index (χ1n) is 7.88. The fraction of sp³-hybridized carbons (Fsp3) is 0.211. The minimum Gasteiger partial charge on any atom is -0.546 e. The van der Waals surface area contributed by atoms with Crippen molar-refractivity contribution in [3.63, 3.8) is 0 Å². The Morgan fingerprint density at radius 2 is 1.77 bits per heavy atom. The van der Waals surface area contributed by atoms with E-state index < -0.39 is 18.5 Å². The topological polar surface area (TPSA) is 100 Å². The summed E-state index contributed by atoms with van der Waals surface area (Å²) in [5.41, 5.74) is 4.96. The highest BCUT2D eigenvalue weighted by Crippen LogP contribution is 2.16. The molecule has 0 spiro atoms. The highest BCUT2D eigenvalue weighted by Gasteiger charge is 2.04. The Morgan fingerprint density at radius 1 is 1.08 bits per heavy atom. The fourth-order valence-electron chi connectivity index (χ4n) is 2.23. The summed E-state index contributed by atoms with van der Waals surface area (Å²) in [5.74, 6) is -0.814. The number of rotatable bonds is 8. The van der Waals surface area contributed by atoms with Gasteiger partial charge in [-0.05, 0) is 49.2 Å². The highest BCUT2D eigenvalue weighted by atomic mass is 16.5. The van der Waals surface area contributed by atoms with E-state index in [9.17, 15) is 14.7 Å². The number of aliphatic carboxylic acids is 1. The van der Waals surface area contributed by atoms with Gasteiger partial charge in [-0.25, -0.2) is 5.43 Å². The lowest BCUT2D eigenvalue weighted by Crippen LogP contribution is -2.29. The Kier molecular flexibility index (Phi) is 6.73. The van der Waals surface area contributed by atoms with Crippen molar-refractivity contribution in [2.45, 2.75) is 13.8 Å². The largest absolute Gasteiger partial charge is 0.546 e. The summed E-state index contributed by atoms with van der Waals surface area (Å²) in [6.07, 6.45) is 1.36. The van der Waals surface area contributed by atoms with Crippen LogP contribution in [0, 0.1) is 13.8 Å². The summed E-state index contributed by atoms with van der Waals surface area (Å²) < 4.78 is 10.5. The molecule has 0 atom stereocenters. The van der Waals surface area contributed by atoms with Gasteiger partial charge in [0, 0.05) is 5.56 Å². The van der Waals surface area contributed by atoms with Crippen molar-refractivity contribution in [1.29, 1.82) is 0 Å². The number of hydrogen-bond donors (Lipinski definition) is 1. The first-order chi connectivity index (χ1) is 12.4. The quantitative estimate of drug-likeness (QED) is 0.562. The van der Waals surface area contributed by atoms with E-state index in [2.05, 4.69) is 10.5 Å². The number of hydrogen-bond acceptors (Lipinski definition) is 6. The molecule has 2 rings (SSSR count). The lowest BCUT2D eigenvalue weighted by molar-refractivity contribution is -0.307. The molecule has 0 heterocycles. The van der Waals surface area contributed by atoms with Gasteiger partial charge < -0.3 is 19.4 Å². The van der Waals surface area contributed by atoms with Gasteiger partial charge in [-0.3, -0.25) is 4.79 Å². The average molecular weight is 355 g/mol. The van der Waals surface area contributed by atoms with Crippen LogP contribution in [-0.4, -0.2) is 31.3 Å². The third kappa shape index (κ3) is 6.27. The molecule has 136 valence electrons. The number of amides is 1. The standard InChI is InChI=1S/C19H20N2O5/c1-13-7-14(2)9-16(8-13)25-11-18(22)21-20-10-15-5-3-4-6-17(15)26-12-19(23)24/h3-10H,11-12H2,1-2H3,(H,21,22)(H,23,24)/p-1/b20-10-. The number of aryl methyl sites for hydroxylation is 2. The molecule has 26 heavy (non-hydrogen) atoms. The molecule has 0 aliphatic heterocycles. The van der Waals surface area contributed by atoms with Gasteiger partial charge >= 0.3 is 0 Å².